The van der Waals surface area contributed by atoms with E-state index in [1.807, 2.05) is 19.9 Å². The standard InChI is InChI=1S/C14H16FN5OS/c1-9-7-10(2)20(19-9)8-13(21)17-18-14(22)16-12-5-3-11(15)4-6-12/h3-7H,8H2,1-2H3,(H,17,21)(H2,16,18,22). The van der Waals surface area contributed by atoms with Crippen LogP contribution in [-0.2, 0) is 11.3 Å². The van der Waals surface area contributed by atoms with Gasteiger partial charge >= 0.3 is 0 Å². The third-order valence-corrected chi connectivity index (χ3v) is 3.02. The van der Waals surface area contributed by atoms with Crippen LogP contribution in [0.1, 0.15) is 11.4 Å². The Balaban J connectivity index is 1.79. The van der Waals surface area contributed by atoms with Crippen LogP contribution < -0.4 is 16.2 Å². The van der Waals surface area contributed by atoms with E-state index in [1.165, 1.54) is 12.1 Å². The average molecular weight is 321 g/mol. The summed E-state index contributed by atoms with van der Waals surface area (Å²) in [6, 6.07) is 7.60. The molecule has 1 heterocycles. The molecular formula is C14H16FN5OS. The molecule has 0 spiro atoms. The molecule has 0 saturated carbocycles. The summed E-state index contributed by atoms with van der Waals surface area (Å²) in [6.07, 6.45) is 0. The van der Waals surface area contributed by atoms with Gasteiger partial charge in [0.2, 0.25) is 0 Å². The van der Waals surface area contributed by atoms with Crippen molar-refractivity contribution in [3.05, 3.63) is 47.5 Å². The molecule has 2 rings (SSSR count). The number of amides is 1. The number of aryl methyl sites for hydroxylation is 2. The molecule has 22 heavy (non-hydrogen) atoms. The normalized spacial score (nSPS) is 10.1. The Labute approximate surface area is 132 Å². The zero-order valence-electron chi connectivity index (χ0n) is 12.2. The molecule has 0 atom stereocenters. The summed E-state index contributed by atoms with van der Waals surface area (Å²) in [4.78, 5) is 11.8. The topological polar surface area (TPSA) is 71.0 Å². The van der Waals surface area contributed by atoms with Crippen LogP contribution in [0.15, 0.2) is 30.3 Å². The van der Waals surface area contributed by atoms with Crippen molar-refractivity contribution in [2.75, 3.05) is 5.32 Å². The highest BCUT2D eigenvalue weighted by Gasteiger charge is 2.07. The molecule has 0 saturated heterocycles. The zero-order valence-corrected chi connectivity index (χ0v) is 13.0. The highest BCUT2D eigenvalue weighted by atomic mass is 32.1. The van der Waals surface area contributed by atoms with E-state index in [9.17, 15) is 9.18 Å². The molecule has 1 aromatic heterocycles. The van der Waals surface area contributed by atoms with Crippen LogP contribution in [0, 0.1) is 19.7 Å². The lowest BCUT2D eigenvalue weighted by Crippen LogP contribution is -2.45. The molecule has 0 unspecified atom stereocenters. The summed E-state index contributed by atoms with van der Waals surface area (Å²) in [5, 5.41) is 7.22. The van der Waals surface area contributed by atoms with E-state index in [4.69, 9.17) is 12.2 Å². The summed E-state index contributed by atoms with van der Waals surface area (Å²) in [6.45, 7) is 3.83. The van der Waals surface area contributed by atoms with E-state index in [0.717, 1.165) is 11.4 Å². The first kappa shape index (κ1) is 15.9. The van der Waals surface area contributed by atoms with Crippen LogP contribution in [0.3, 0.4) is 0 Å². The zero-order chi connectivity index (χ0) is 16.1. The van der Waals surface area contributed by atoms with Gasteiger partial charge in [-0.1, -0.05) is 0 Å². The largest absolute Gasteiger partial charge is 0.331 e. The lowest BCUT2D eigenvalue weighted by molar-refractivity contribution is -0.122. The van der Waals surface area contributed by atoms with Crippen molar-refractivity contribution in [2.24, 2.45) is 0 Å². The molecule has 0 aliphatic rings. The van der Waals surface area contributed by atoms with Gasteiger partial charge in [0.15, 0.2) is 5.11 Å². The van der Waals surface area contributed by atoms with Gasteiger partial charge < -0.3 is 5.32 Å². The van der Waals surface area contributed by atoms with Gasteiger partial charge in [-0.25, -0.2) is 4.39 Å². The minimum atomic E-state index is -0.331. The van der Waals surface area contributed by atoms with Gasteiger partial charge in [-0.2, -0.15) is 5.10 Å². The fraction of sp³-hybridized carbons (Fsp3) is 0.214. The summed E-state index contributed by atoms with van der Waals surface area (Å²) >= 11 is 5.03. The number of thiocarbonyl (C=S) groups is 1. The lowest BCUT2D eigenvalue weighted by Gasteiger charge is -2.12. The fourth-order valence-electron chi connectivity index (χ4n) is 1.83. The fourth-order valence-corrected chi connectivity index (χ4v) is 2.00. The first-order valence-corrected chi connectivity index (χ1v) is 6.97. The molecule has 0 aliphatic carbocycles. The van der Waals surface area contributed by atoms with Crippen LogP contribution in [0.5, 0.6) is 0 Å². The van der Waals surface area contributed by atoms with E-state index in [-0.39, 0.29) is 23.4 Å². The lowest BCUT2D eigenvalue weighted by atomic mass is 10.3. The van der Waals surface area contributed by atoms with E-state index < -0.39 is 0 Å². The number of hydrogen-bond donors (Lipinski definition) is 3. The molecule has 3 N–H and O–H groups in total. The molecule has 1 aromatic carbocycles. The van der Waals surface area contributed by atoms with Crippen LogP contribution in [0.2, 0.25) is 0 Å². The highest BCUT2D eigenvalue weighted by Crippen LogP contribution is 2.07. The maximum absolute atomic E-state index is 12.8. The van der Waals surface area contributed by atoms with Gasteiger partial charge in [-0.05, 0) is 56.4 Å². The monoisotopic (exact) mass is 321 g/mol. The predicted octanol–water partition coefficient (Wildman–Crippen LogP) is 1.66. The number of aromatic nitrogens is 2. The smallest absolute Gasteiger partial charge is 0.260 e. The Kier molecular flexibility index (Phi) is 5.05. The van der Waals surface area contributed by atoms with Crippen molar-refractivity contribution in [1.29, 1.82) is 0 Å². The number of halogens is 1. The van der Waals surface area contributed by atoms with Gasteiger partial charge in [0.1, 0.15) is 12.4 Å². The van der Waals surface area contributed by atoms with Crippen molar-refractivity contribution in [1.82, 2.24) is 20.6 Å². The second-order valence-corrected chi connectivity index (χ2v) is 5.13. The van der Waals surface area contributed by atoms with Gasteiger partial charge in [0.25, 0.3) is 5.91 Å². The minimum absolute atomic E-state index is 0.0891. The van der Waals surface area contributed by atoms with Crippen molar-refractivity contribution in [3.63, 3.8) is 0 Å². The van der Waals surface area contributed by atoms with Crippen LogP contribution in [0.4, 0.5) is 10.1 Å². The van der Waals surface area contributed by atoms with Crippen LogP contribution >= 0.6 is 12.2 Å². The maximum atomic E-state index is 12.8. The Morgan fingerprint density at radius 2 is 1.95 bits per heavy atom. The number of carbonyl (C=O) groups excluding carboxylic acids is 1. The maximum Gasteiger partial charge on any atom is 0.260 e. The Hall–Kier alpha value is -2.48. The number of hydrogen-bond acceptors (Lipinski definition) is 3. The van der Waals surface area contributed by atoms with Crippen molar-refractivity contribution in [2.45, 2.75) is 20.4 Å². The van der Waals surface area contributed by atoms with Gasteiger partial charge in [-0.3, -0.25) is 20.3 Å². The number of hydrazine groups is 1. The average Bonchev–Trinajstić information content (AvgIpc) is 2.77. The Bertz CT molecular complexity index is 683. The Morgan fingerprint density at radius 1 is 1.27 bits per heavy atom. The number of rotatable bonds is 3. The molecule has 6 nitrogen and oxygen atoms in total. The van der Waals surface area contributed by atoms with E-state index >= 15 is 0 Å². The molecule has 0 radical (unpaired) electrons. The van der Waals surface area contributed by atoms with E-state index in [2.05, 4.69) is 21.3 Å². The Morgan fingerprint density at radius 3 is 2.55 bits per heavy atom. The first-order valence-electron chi connectivity index (χ1n) is 6.56. The molecule has 0 bridgehead atoms. The van der Waals surface area contributed by atoms with Gasteiger partial charge in [0.05, 0.1) is 5.69 Å². The summed E-state index contributed by atoms with van der Waals surface area (Å²) in [5.74, 6) is -0.614. The van der Waals surface area contributed by atoms with Gasteiger partial charge in [-0.15, -0.1) is 0 Å². The number of anilines is 1. The second kappa shape index (κ2) is 6.99. The van der Waals surface area contributed by atoms with Crippen LogP contribution in [-0.4, -0.2) is 20.8 Å². The summed E-state index contributed by atoms with van der Waals surface area (Å²) < 4.78 is 14.4. The first-order chi connectivity index (χ1) is 10.4. The molecule has 1 amide bonds. The SMILES string of the molecule is Cc1cc(C)n(CC(=O)NNC(=S)Nc2ccc(F)cc2)n1. The molecule has 8 heteroatoms. The number of nitrogens with one attached hydrogen (secondary N) is 3. The third kappa shape index (κ3) is 4.52. The van der Waals surface area contributed by atoms with E-state index in [1.54, 1.807) is 16.8 Å². The van der Waals surface area contributed by atoms with Crippen molar-refractivity contribution >= 4 is 28.9 Å². The molecule has 0 aliphatic heterocycles. The minimum Gasteiger partial charge on any atom is -0.331 e. The number of nitrogens with zero attached hydrogens (tertiary/aromatic N) is 2. The molecular weight excluding hydrogens is 305 g/mol. The van der Waals surface area contributed by atoms with Crippen molar-refractivity contribution in [3.8, 4) is 0 Å². The highest BCUT2D eigenvalue weighted by molar-refractivity contribution is 7.80. The quantitative estimate of drug-likeness (QED) is 0.592. The predicted molar refractivity (Wildman–Crippen MR) is 85.6 cm³/mol. The molecule has 0 fully saturated rings. The molecule has 2 aromatic rings. The third-order valence-electron chi connectivity index (χ3n) is 2.81. The second-order valence-electron chi connectivity index (χ2n) is 4.72. The van der Waals surface area contributed by atoms with E-state index in [0.29, 0.717) is 5.69 Å². The molecule has 116 valence electrons. The van der Waals surface area contributed by atoms with Crippen molar-refractivity contribution < 1.29 is 9.18 Å². The summed E-state index contributed by atoms with van der Waals surface area (Å²) in [7, 11) is 0. The van der Waals surface area contributed by atoms with Gasteiger partial charge in [0, 0.05) is 11.4 Å². The van der Waals surface area contributed by atoms with Crippen LogP contribution in [0.25, 0.3) is 0 Å². The number of carbonyl (C=O) groups is 1. The number of benzene rings is 1. The summed E-state index contributed by atoms with van der Waals surface area (Å²) in [5.41, 5.74) is 7.42.